The van der Waals surface area contributed by atoms with E-state index in [0.717, 1.165) is 44.8 Å². The number of halogens is 2. The molecule has 1 fully saturated rings. The van der Waals surface area contributed by atoms with Gasteiger partial charge in [0.15, 0.2) is 0 Å². The van der Waals surface area contributed by atoms with Crippen LogP contribution in [0.4, 0.5) is 10.5 Å². The minimum Gasteiger partial charge on any atom is -0.379 e. The standard InChI is InChI=1S/C20H24Cl2N4O2/c21-17-2-3-18(22)19(14-17)24-20(27)26(15-16-4-6-23-7-5-16)9-1-8-25-10-12-28-13-11-25/h2-7,14H,1,8-13,15H2,(H,24,27). The Morgan fingerprint density at radius 1 is 1.18 bits per heavy atom. The van der Waals surface area contributed by atoms with Crippen molar-refractivity contribution in [1.29, 1.82) is 0 Å². The van der Waals surface area contributed by atoms with Crippen LogP contribution in [-0.4, -0.2) is 60.2 Å². The average molecular weight is 423 g/mol. The molecular weight excluding hydrogens is 399 g/mol. The van der Waals surface area contributed by atoms with Crippen LogP contribution in [0.3, 0.4) is 0 Å². The van der Waals surface area contributed by atoms with E-state index in [4.69, 9.17) is 27.9 Å². The van der Waals surface area contributed by atoms with Crippen molar-refractivity contribution in [2.75, 3.05) is 44.7 Å². The summed E-state index contributed by atoms with van der Waals surface area (Å²) in [6.45, 7) is 5.48. The molecule has 2 aromatic rings. The normalized spacial score (nSPS) is 14.6. The Hall–Kier alpha value is -1.86. The van der Waals surface area contributed by atoms with Crippen molar-refractivity contribution in [3.8, 4) is 0 Å². The largest absolute Gasteiger partial charge is 0.379 e. The second-order valence-electron chi connectivity index (χ2n) is 6.64. The van der Waals surface area contributed by atoms with Gasteiger partial charge in [-0.15, -0.1) is 0 Å². The number of pyridine rings is 1. The number of hydrogen-bond donors (Lipinski definition) is 1. The molecule has 8 heteroatoms. The molecule has 6 nitrogen and oxygen atoms in total. The van der Waals surface area contributed by atoms with E-state index < -0.39 is 0 Å². The maximum absolute atomic E-state index is 12.9. The number of amides is 2. The van der Waals surface area contributed by atoms with Gasteiger partial charge in [-0.1, -0.05) is 23.2 Å². The van der Waals surface area contributed by atoms with Gasteiger partial charge in [-0.05, 0) is 42.3 Å². The van der Waals surface area contributed by atoms with Gasteiger partial charge >= 0.3 is 6.03 Å². The summed E-state index contributed by atoms with van der Waals surface area (Å²) in [5.74, 6) is 0. The summed E-state index contributed by atoms with van der Waals surface area (Å²) in [5, 5.41) is 3.86. The minimum absolute atomic E-state index is 0.206. The highest BCUT2D eigenvalue weighted by Gasteiger charge is 2.17. The maximum Gasteiger partial charge on any atom is 0.322 e. The van der Waals surface area contributed by atoms with Crippen LogP contribution in [-0.2, 0) is 11.3 Å². The van der Waals surface area contributed by atoms with Crippen LogP contribution in [0.1, 0.15) is 12.0 Å². The first-order valence-corrected chi connectivity index (χ1v) is 10.1. The van der Waals surface area contributed by atoms with Crippen LogP contribution in [0.15, 0.2) is 42.7 Å². The molecule has 1 aliphatic heterocycles. The molecule has 1 N–H and O–H groups in total. The first-order chi connectivity index (χ1) is 13.6. The number of nitrogens with one attached hydrogen (secondary N) is 1. The summed E-state index contributed by atoms with van der Waals surface area (Å²) < 4.78 is 5.39. The molecule has 150 valence electrons. The van der Waals surface area contributed by atoms with Crippen LogP contribution in [0.25, 0.3) is 0 Å². The minimum atomic E-state index is -0.206. The highest BCUT2D eigenvalue weighted by Crippen LogP contribution is 2.25. The summed E-state index contributed by atoms with van der Waals surface area (Å²) >= 11 is 12.2. The van der Waals surface area contributed by atoms with Crippen molar-refractivity contribution in [1.82, 2.24) is 14.8 Å². The van der Waals surface area contributed by atoms with Gasteiger partial charge in [-0.25, -0.2) is 4.79 Å². The SMILES string of the molecule is O=C(Nc1cc(Cl)ccc1Cl)N(CCCN1CCOCC1)Cc1ccncc1. The van der Waals surface area contributed by atoms with Crippen molar-refractivity contribution in [3.63, 3.8) is 0 Å². The maximum atomic E-state index is 12.9. The molecule has 28 heavy (non-hydrogen) atoms. The molecule has 0 aliphatic carbocycles. The quantitative estimate of drug-likeness (QED) is 0.727. The van der Waals surface area contributed by atoms with Crippen LogP contribution >= 0.6 is 23.2 Å². The second kappa shape index (κ2) is 10.6. The lowest BCUT2D eigenvalue weighted by Gasteiger charge is -2.28. The Labute approximate surface area is 175 Å². The Balaban J connectivity index is 1.63. The van der Waals surface area contributed by atoms with E-state index in [2.05, 4.69) is 15.2 Å². The van der Waals surface area contributed by atoms with Crippen molar-refractivity contribution < 1.29 is 9.53 Å². The lowest BCUT2D eigenvalue weighted by Crippen LogP contribution is -2.40. The van der Waals surface area contributed by atoms with Crippen molar-refractivity contribution in [2.24, 2.45) is 0 Å². The highest BCUT2D eigenvalue weighted by atomic mass is 35.5. The van der Waals surface area contributed by atoms with Gasteiger partial charge in [-0.3, -0.25) is 9.88 Å². The Kier molecular flexibility index (Phi) is 7.91. The lowest BCUT2D eigenvalue weighted by molar-refractivity contribution is 0.0365. The van der Waals surface area contributed by atoms with Gasteiger partial charge in [0.05, 0.1) is 23.9 Å². The molecule has 3 rings (SSSR count). The summed E-state index contributed by atoms with van der Waals surface area (Å²) in [6, 6.07) is 8.63. The fourth-order valence-corrected chi connectivity index (χ4v) is 3.40. The lowest BCUT2D eigenvalue weighted by atomic mass is 10.2. The third-order valence-corrected chi connectivity index (χ3v) is 5.15. The van der Waals surface area contributed by atoms with Gasteiger partial charge in [-0.2, -0.15) is 0 Å². The zero-order valence-electron chi connectivity index (χ0n) is 15.6. The first-order valence-electron chi connectivity index (χ1n) is 9.32. The van der Waals surface area contributed by atoms with E-state index in [1.807, 2.05) is 12.1 Å². The van der Waals surface area contributed by atoms with E-state index in [9.17, 15) is 4.79 Å². The summed E-state index contributed by atoms with van der Waals surface area (Å²) in [4.78, 5) is 21.1. The summed E-state index contributed by atoms with van der Waals surface area (Å²) in [6.07, 6.45) is 4.34. The topological polar surface area (TPSA) is 57.7 Å². The molecule has 1 aliphatic rings. The Morgan fingerprint density at radius 3 is 2.68 bits per heavy atom. The predicted molar refractivity (Wildman–Crippen MR) is 112 cm³/mol. The number of hydrogen-bond acceptors (Lipinski definition) is 4. The van der Waals surface area contributed by atoms with Crippen LogP contribution in [0, 0.1) is 0 Å². The Bertz CT molecular complexity index is 770. The number of benzene rings is 1. The van der Waals surface area contributed by atoms with Crippen molar-refractivity contribution in [3.05, 3.63) is 58.3 Å². The molecule has 0 saturated carbocycles. The van der Waals surface area contributed by atoms with Gasteiger partial charge in [0.2, 0.25) is 0 Å². The third kappa shape index (κ3) is 6.34. The highest BCUT2D eigenvalue weighted by molar-refractivity contribution is 6.35. The number of nitrogens with zero attached hydrogens (tertiary/aromatic N) is 3. The van der Waals surface area contributed by atoms with Gasteiger partial charge < -0.3 is 15.0 Å². The Morgan fingerprint density at radius 2 is 1.93 bits per heavy atom. The smallest absolute Gasteiger partial charge is 0.322 e. The van der Waals surface area contributed by atoms with Crippen molar-refractivity contribution in [2.45, 2.75) is 13.0 Å². The van der Waals surface area contributed by atoms with Gasteiger partial charge in [0, 0.05) is 50.1 Å². The number of aromatic nitrogens is 1. The molecule has 1 saturated heterocycles. The fourth-order valence-electron chi connectivity index (χ4n) is 3.06. The predicted octanol–water partition coefficient (Wildman–Crippen LogP) is 4.14. The zero-order chi connectivity index (χ0) is 19.8. The van der Waals surface area contributed by atoms with Gasteiger partial charge in [0.1, 0.15) is 0 Å². The summed E-state index contributed by atoms with van der Waals surface area (Å²) in [7, 11) is 0. The van der Waals surface area contributed by atoms with E-state index in [0.29, 0.717) is 28.8 Å². The summed E-state index contributed by atoms with van der Waals surface area (Å²) in [5.41, 5.74) is 1.53. The van der Waals surface area contributed by atoms with Crippen LogP contribution in [0.5, 0.6) is 0 Å². The van der Waals surface area contributed by atoms with E-state index >= 15 is 0 Å². The number of rotatable bonds is 7. The molecule has 0 unspecified atom stereocenters. The molecule has 0 spiro atoms. The van der Waals surface area contributed by atoms with E-state index in [-0.39, 0.29) is 6.03 Å². The van der Waals surface area contributed by atoms with Gasteiger partial charge in [0.25, 0.3) is 0 Å². The second-order valence-corrected chi connectivity index (χ2v) is 7.48. The zero-order valence-corrected chi connectivity index (χ0v) is 17.1. The molecular formula is C20H24Cl2N4O2. The molecule has 0 radical (unpaired) electrons. The molecule has 2 amide bonds. The molecule has 2 heterocycles. The van der Waals surface area contributed by atoms with E-state index in [1.165, 1.54) is 0 Å². The van der Waals surface area contributed by atoms with Crippen LogP contribution < -0.4 is 5.32 Å². The number of carbonyl (C=O) groups excluding carboxylic acids is 1. The van der Waals surface area contributed by atoms with Crippen LogP contribution in [0.2, 0.25) is 10.0 Å². The van der Waals surface area contributed by atoms with E-state index in [1.54, 1.807) is 35.5 Å². The molecule has 0 bridgehead atoms. The molecule has 1 aromatic heterocycles. The third-order valence-electron chi connectivity index (χ3n) is 4.59. The van der Waals surface area contributed by atoms with Crippen molar-refractivity contribution >= 4 is 34.9 Å². The monoisotopic (exact) mass is 422 g/mol. The average Bonchev–Trinajstić information content (AvgIpc) is 2.71. The first kappa shape index (κ1) is 20.9. The number of ether oxygens (including phenoxy) is 1. The molecule has 0 atom stereocenters. The number of morpholine rings is 1. The number of carbonyl (C=O) groups is 1. The fraction of sp³-hybridized carbons (Fsp3) is 0.400. The number of urea groups is 1. The molecule has 1 aromatic carbocycles. The number of anilines is 1.